The van der Waals surface area contributed by atoms with E-state index in [0.717, 1.165) is 6.42 Å². The summed E-state index contributed by atoms with van der Waals surface area (Å²) in [7, 11) is 0. The number of ketones is 1. The maximum Gasteiger partial charge on any atom is 0.130 e. The molecule has 0 saturated heterocycles. The van der Waals surface area contributed by atoms with Crippen LogP contribution in [0.3, 0.4) is 0 Å². The van der Waals surface area contributed by atoms with Crippen molar-refractivity contribution >= 4 is 5.78 Å². The Labute approximate surface area is 119 Å². The summed E-state index contributed by atoms with van der Waals surface area (Å²) in [5.74, 6) is 0.260. The number of carbonyl (C=O) groups is 1. The van der Waals surface area contributed by atoms with Gasteiger partial charge in [-0.25, -0.2) is 0 Å². The van der Waals surface area contributed by atoms with Gasteiger partial charge in [0.15, 0.2) is 0 Å². The number of Topliss-reactive ketones (excluding diaryl/α,β-unsaturated/α-hetero) is 1. The minimum atomic E-state index is 0. The van der Waals surface area contributed by atoms with Crippen molar-refractivity contribution in [3.05, 3.63) is 35.4 Å². The van der Waals surface area contributed by atoms with Gasteiger partial charge < -0.3 is 4.79 Å². The van der Waals surface area contributed by atoms with E-state index < -0.39 is 0 Å². The fourth-order valence-corrected chi connectivity index (χ4v) is 1.08. The van der Waals surface area contributed by atoms with E-state index in [4.69, 9.17) is 0 Å². The second-order valence-electron chi connectivity index (χ2n) is 3.19. The summed E-state index contributed by atoms with van der Waals surface area (Å²) in [6, 6.07) is 8.32. The molecule has 0 unspecified atom stereocenters. The maximum atomic E-state index is 10.7. The number of carbonyl (C=O) groups excluding carboxylic acids is 1. The van der Waals surface area contributed by atoms with Crippen LogP contribution in [0.5, 0.6) is 0 Å². The number of hydrogen-bond donors (Lipinski definition) is 0. The van der Waals surface area contributed by atoms with Crippen LogP contribution >= 0.6 is 0 Å². The first-order chi connectivity index (χ1) is 7.68. The van der Waals surface area contributed by atoms with E-state index in [2.05, 4.69) is 31.2 Å². The molecule has 0 heterocycles. The van der Waals surface area contributed by atoms with Crippen molar-refractivity contribution in [3.8, 4) is 0 Å². The second-order valence-corrected chi connectivity index (χ2v) is 3.19. The zero-order valence-electron chi connectivity index (χ0n) is 12.1. The Balaban J connectivity index is -0.000000355. The van der Waals surface area contributed by atoms with Crippen LogP contribution < -0.4 is 0 Å². The van der Waals surface area contributed by atoms with Crippen molar-refractivity contribution in [2.45, 2.75) is 54.4 Å². The van der Waals surface area contributed by atoms with E-state index in [1.807, 2.05) is 27.7 Å². The fourth-order valence-electron chi connectivity index (χ4n) is 1.08. The van der Waals surface area contributed by atoms with Crippen LogP contribution in [-0.2, 0) is 29.8 Å². The molecule has 0 atom stereocenters. The summed E-state index contributed by atoms with van der Waals surface area (Å²) in [6.45, 7) is 11.7. The standard InChI is InChI=1S/C11H14O.2C2H6.V/c1-9-3-6-11(7-4-9)8-5-10(2)12;2*1-2;/h3-4,6-7H,5,8H2,1-2H3;2*1-2H3;. The van der Waals surface area contributed by atoms with Crippen LogP contribution in [0.25, 0.3) is 0 Å². The average molecular weight is 273 g/mol. The van der Waals surface area contributed by atoms with Gasteiger partial charge in [-0.3, -0.25) is 0 Å². The summed E-state index contributed by atoms with van der Waals surface area (Å²) in [6.07, 6.45) is 1.53. The molecule has 0 bridgehead atoms. The van der Waals surface area contributed by atoms with Crippen molar-refractivity contribution in [2.75, 3.05) is 0 Å². The number of aryl methyl sites for hydroxylation is 2. The van der Waals surface area contributed by atoms with E-state index in [9.17, 15) is 4.79 Å². The molecule has 0 aromatic heterocycles. The molecular formula is C15H26OV. The van der Waals surface area contributed by atoms with Crippen LogP contribution in [-0.4, -0.2) is 5.78 Å². The minimum absolute atomic E-state index is 0. The van der Waals surface area contributed by atoms with Crippen LogP contribution in [0.4, 0.5) is 0 Å². The Bertz CT molecular complexity index is 265. The Hall–Kier alpha value is -0.526. The molecule has 97 valence electrons. The molecule has 17 heavy (non-hydrogen) atoms. The smallest absolute Gasteiger partial charge is 0.130 e. The van der Waals surface area contributed by atoms with Gasteiger partial charge in [0.1, 0.15) is 5.78 Å². The van der Waals surface area contributed by atoms with E-state index in [1.54, 1.807) is 6.92 Å². The van der Waals surface area contributed by atoms with Crippen LogP contribution in [0, 0.1) is 6.92 Å². The van der Waals surface area contributed by atoms with Gasteiger partial charge in [-0.2, -0.15) is 0 Å². The van der Waals surface area contributed by atoms with E-state index in [1.165, 1.54) is 11.1 Å². The van der Waals surface area contributed by atoms with Gasteiger partial charge in [-0.15, -0.1) is 0 Å². The molecular weight excluding hydrogens is 247 g/mol. The van der Waals surface area contributed by atoms with Gasteiger partial charge in [-0.1, -0.05) is 57.5 Å². The molecule has 1 radical (unpaired) electrons. The van der Waals surface area contributed by atoms with Crippen molar-refractivity contribution in [1.29, 1.82) is 0 Å². The molecule has 0 aliphatic carbocycles. The molecule has 2 heteroatoms. The van der Waals surface area contributed by atoms with Crippen molar-refractivity contribution < 1.29 is 23.4 Å². The normalized spacial score (nSPS) is 7.65. The van der Waals surface area contributed by atoms with Gasteiger partial charge in [0.05, 0.1) is 0 Å². The summed E-state index contributed by atoms with van der Waals surface area (Å²) >= 11 is 0. The SMILES string of the molecule is CC.CC.CC(=O)CCc1ccc(C)cc1.[V]. The van der Waals surface area contributed by atoms with Gasteiger partial charge >= 0.3 is 0 Å². The van der Waals surface area contributed by atoms with Crippen LogP contribution in [0.1, 0.15) is 52.2 Å². The summed E-state index contributed by atoms with van der Waals surface area (Å²) in [5.41, 5.74) is 2.51. The first-order valence-corrected chi connectivity index (χ1v) is 6.23. The van der Waals surface area contributed by atoms with Gasteiger partial charge in [-0.05, 0) is 25.8 Å². The van der Waals surface area contributed by atoms with E-state index in [0.29, 0.717) is 6.42 Å². The molecule has 0 spiro atoms. The molecule has 0 aliphatic heterocycles. The Morgan fingerprint density at radius 2 is 1.41 bits per heavy atom. The largest absolute Gasteiger partial charge is 0.300 e. The monoisotopic (exact) mass is 273 g/mol. The predicted molar refractivity (Wildman–Crippen MR) is 72.9 cm³/mol. The zero-order chi connectivity index (χ0) is 13.0. The second kappa shape index (κ2) is 15.5. The molecule has 0 aliphatic rings. The first kappa shape index (κ1) is 21.7. The van der Waals surface area contributed by atoms with Gasteiger partial charge in [0.25, 0.3) is 0 Å². The molecule has 1 aromatic rings. The molecule has 0 saturated carbocycles. The Morgan fingerprint density at radius 1 is 1.00 bits per heavy atom. The third kappa shape index (κ3) is 13.4. The molecule has 0 fully saturated rings. The predicted octanol–water partition coefficient (Wildman–Crippen LogP) is 4.57. The maximum absolute atomic E-state index is 10.7. The third-order valence-corrected chi connectivity index (χ3v) is 1.89. The molecule has 1 rings (SSSR count). The fraction of sp³-hybridized carbons (Fsp3) is 0.533. The zero-order valence-corrected chi connectivity index (χ0v) is 13.5. The van der Waals surface area contributed by atoms with E-state index >= 15 is 0 Å². The van der Waals surface area contributed by atoms with Crippen LogP contribution in [0.15, 0.2) is 24.3 Å². The van der Waals surface area contributed by atoms with Gasteiger partial charge in [0.2, 0.25) is 0 Å². The third-order valence-electron chi connectivity index (χ3n) is 1.89. The Kier molecular flexibility index (Phi) is 19.8. The quantitative estimate of drug-likeness (QED) is 0.788. The van der Waals surface area contributed by atoms with Crippen molar-refractivity contribution in [2.24, 2.45) is 0 Å². The molecule has 0 N–H and O–H groups in total. The number of hydrogen-bond acceptors (Lipinski definition) is 1. The van der Waals surface area contributed by atoms with Crippen molar-refractivity contribution in [3.63, 3.8) is 0 Å². The molecule has 1 nitrogen and oxygen atoms in total. The summed E-state index contributed by atoms with van der Waals surface area (Å²) in [5, 5.41) is 0. The topological polar surface area (TPSA) is 17.1 Å². The van der Waals surface area contributed by atoms with Crippen molar-refractivity contribution in [1.82, 2.24) is 0 Å². The number of rotatable bonds is 3. The summed E-state index contributed by atoms with van der Waals surface area (Å²) < 4.78 is 0. The minimum Gasteiger partial charge on any atom is -0.300 e. The van der Waals surface area contributed by atoms with E-state index in [-0.39, 0.29) is 24.3 Å². The number of benzene rings is 1. The Morgan fingerprint density at radius 3 is 1.76 bits per heavy atom. The average Bonchev–Trinajstić information content (AvgIpc) is 2.33. The van der Waals surface area contributed by atoms with Crippen LogP contribution in [0.2, 0.25) is 0 Å². The molecule has 0 amide bonds. The summed E-state index contributed by atoms with van der Waals surface area (Å²) in [4.78, 5) is 10.7. The van der Waals surface area contributed by atoms with Gasteiger partial charge in [0, 0.05) is 25.0 Å². The first-order valence-electron chi connectivity index (χ1n) is 6.23. The molecule has 1 aromatic carbocycles.